The number of hydrogen-bond donors (Lipinski definition) is 2. The second-order valence-electron chi connectivity index (χ2n) is 1.83. The summed E-state index contributed by atoms with van der Waals surface area (Å²) >= 11 is 0. The Morgan fingerprint density at radius 2 is 2.27 bits per heavy atom. The maximum atomic E-state index is 10.8. The molecule has 1 aromatic rings. The summed E-state index contributed by atoms with van der Waals surface area (Å²) in [6.45, 7) is 0. The van der Waals surface area contributed by atoms with E-state index in [0.29, 0.717) is 4.57 Å². The highest BCUT2D eigenvalue weighted by Crippen LogP contribution is 1.80. The lowest BCUT2D eigenvalue weighted by atomic mass is 10.6. The zero-order valence-electron chi connectivity index (χ0n) is 5.50. The van der Waals surface area contributed by atoms with Crippen molar-refractivity contribution in [2.75, 3.05) is 5.73 Å². The molecule has 0 spiro atoms. The summed E-state index contributed by atoms with van der Waals surface area (Å²) in [6.07, 6.45) is 4.85. The molecule has 1 heterocycles. The molecule has 0 radical (unpaired) electrons. The van der Waals surface area contributed by atoms with Crippen molar-refractivity contribution < 1.29 is 0 Å². The van der Waals surface area contributed by atoms with Crippen molar-refractivity contribution >= 4 is 5.82 Å². The number of nitrogens with zero attached hydrogens (tertiary/aromatic N) is 1. The molecule has 0 bridgehead atoms. The molecule has 0 fully saturated rings. The van der Waals surface area contributed by atoms with Crippen LogP contribution in [0.5, 0.6) is 0 Å². The van der Waals surface area contributed by atoms with Crippen LogP contribution in [-0.4, -0.2) is 9.55 Å². The Kier molecular flexibility index (Phi) is 1.52. The van der Waals surface area contributed by atoms with Crippen LogP contribution < -0.4 is 17.0 Å². The second kappa shape index (κ2) is 2.34. The smallest absolute Gasteiger partial charge is 0.341 e. The topological polar surface area (TPSA) is 80.9 Å². The Hall–Kier alpha value is -1.96. The predicted molar refractivity (Wildman–Crippen MR) is 40.0 cm³/mol. The lowest BCUT2D eigenvalue weighted by molar-refractivity contribution is 0.913. The van der Waals surface area contributed by atoms with Gasteiger partial charge in [0.25, 0.3) is 5.56 Å². The molecule has 1 rings (SSSR count). The highest BCUT2D eigenvalue weighted by molar-refractivity contribution is 5.24. The number of nitrogens with one attached hydrogen (secondary N) is 1. The van der Waals surface area contributed by atoms with Crippen LogP contribution in [0.25, 0.3) is 0 Å². The summed E-state index contributed by atoms with van der Waals surface area (Å²) in [5.74, 6) is 0.00602. The van der Waals surface area contributed by atoms with Crippen LogP contribution in [-0.2, 0) is 0 Å². The van der Waals surface area contributed by atoms with E-state index in [1.165, 1.54) is 0 Å². The Labute approximate surface area is 61.5 Å². The number of nitrogen functional groups attached to an aromatic ring is 1. The van der Waals surface area contributed by atoms with Crippen molar-refractivity contribution in [3.63, 3.8) is 0 Å². The molecule has 0 aromatic carbocycles. The summed E-state index contributed by atoms with van der Waals surface area (Å²) in [5, 5.41) is 0. The minimum atomic E-state index is -0.697. The zero-order valence-corrected chi connectivity index (χ0v) is 5.50. The molecule has 1 aromatic heterocycles. The molecule has 0 unspecified atom stereocenters. The monoisotopic (exact) mass is 151 g/mol. The van der Waals surface area contributed by atoms with Gasteiger partial charge < -0.3 is 5.73 Å². The van der Waals surface area contributed by atoms with E-state index < -0.39 is 11.2 Å². The van der Waals surface area contributed by atoms with Crippen molar-refractivity contribution in [3.8, 4) is 12.5 Å². The van der Waals surface area contributed by atoms with E-state index in [1.54, 1.807) is 0 Å². The van der Waals surface area contributed by atoms with Crippen LogP contribution in [0, 0.1) is 12.5 Å². The van der Waals surface area contributed by atoms with E-state index in [9.17, 15) is 9.59 Å². The number of rotatable bonds is 0. The van der Waals surface area contributed by atoms with E-state index in [0.717, 1.165) is 6.07 Å². The Morgan fingerprint density at radius 3 is 2.73 bits per heavy atom. The third-order valence-corrected chi connectivity index (χ3v) is 1.08. The van der Waals surface area contributed by atoms with Gasteiger partial charge in [-0.2, -0.15) is 4.57 Å². The molecule has 5 nitrogen and oxygen atoms in total. The fraction of sp³-hybridized carbons (Fsp3) is 0. The van der Waals surface area contributed by atoms with Gasteiger partial charge in [-0.3, -0.25) is 9.78 Å². The summed E-state index contributed by atoms with van der Waals surface area (Å²) in [5.41, 5.74) is 3.85. The Morgan fingerprint density at radius 1 is 1.64 bits per heavy atom. The molecule has 0 aliphatic rings. The summed E-state index contributed by atoms with van der Waals surface area (Å²) < 4.78 is 0.594. The van der Waals surface area contributed by atoms with Gasteiger partial charge in [0.05, 0.1) is 0 Å². The molecule has 56 valence electrons. The molecular formula is C6H5N3O2. The van der Waals surface area contributed by atoms with Gasteiger partial charge in [0.15, 0.2) is 0 Å². The second-order valence-corrected chi connectivity index (χ2v) is 1.83. The van der Waals surface area contributed by atoms with Crippen LogP contribution in [0.3, 0.4) is 0 Å². The van der Waals surface area contributed by atoms with Crippen molar-refractivity contribution in [3.05, 3.63) is 26.9 Å². The van der Waals surface area contributed by atoms with E-state index in [4.69, 9.17) is 12.2 Å². The summed E-state index contributed by atoms with van der Waals surface area (Å²) in [6, 6.07) is 2.94. The number of aromatic nitrogens is 2. The first-order chi connectivity index (χ1) is 5.15. The molecule has 5 heteroatoms. The maximum absolute atomic E-state index is 10.8. The van der Waals surface area contributed by atoms with Gasteiger partial charge >= 0.3 is 5.69 Å². The molecule has 0 aliphatic heterocycles. The van der Waals surface area contributed by atoms with Crippen LogP contribution in [0.15, 0.2) is 15.7 Å². The quantitative estimate of drug-likeness (QED) is 0.445. The largest absolute Gasteiger partial charge is 0.385 e. The number of hydrogen-bond acceptors (Lipinski definition) is 3. The van der Waals surface area contributed by atoms with Crippen LogP contribution in [0.2, 0.25) is 0 Å². The molecule has 0 atom stereocenters. The van der Waals surface area contributed by atoms with Crippen LogP contribution >= 0.6 is 0 Å². The number of aromatic amines is 1. The van der Waals surface area contributed by atoms with Crippen molar-refractivity contribution in [2.45, 2.75) is 0 Å². The third-order valence-electron chi connectivity index (χ3n) is 1.08. The fourth-order valence-corrected chi connectivity index (χ4v) is 0.635. The maximum Gasteiger partial charge on any atom is 0.341 e. The van der Waals surface area contributed by atoms with E-state index in [1.807, 2.05) is 6.04 Å². The van der Waals surface area contributed by atoms with Gasteiger partial charge in [0, 0.05) is 12.1 Å². The predicted octanol–water partition coefficient (Wildman–Crippen LogP) is -1.44. The molecule has 0 aliphatic carbocycles. The first kappa shape index (κ1) is 7.15. The Bertz CT molecular complexity index is 389. The number of nitrogens with two attached hydrogens (primary N) is 1. The normalized spacial score (nSPS) is 9.00. The van der Waals surface area contributed by atoms with E-state index >= 15 is 0 Å². The number of terminal acetylenes is 1. The van der Waals surface area contributed by atoms with E-state index in [-0.39, 0.29) is 5.82 Å². The lowest BCUT2D eigenvalue weighted by Crippen LogP contribution is -2.32. The molecule has 11 heavy (non-hydrogen) atoms. The summed E-state index contributed by atoms with van der Waals surface area (Å²) in [7, 11) is 0. The highest BCUT2D eigenvalue weighted by Gasteiger charge is 1.97. The first-order valence-corrected chi connectivity index (χ1v) is 2.73. The minimum Gasteiger partial charge on any atom is -0.385 e. The minimum absolute atomic E-state index is 0.00602. The van der Waals surface area contributed by atoms with Crippen LogP contribution in [0.4, 0.5) is 5.82 Å². The van der Waals surface area contributed by atoms with Crippen molar-refractivity contribution in [1.29, 1.82) is 0 Å². The highest BCUT2D eigenvalue weighted by atomic mass is 16.2. The molecule has 0 saturated heterocycles. The standard InChI is InChI=1S/C6H5N3O2/c1-2-9-5(10)3-4(7)8-6(9)11/h1,3H,7H2,(H,8,11). The number of H-pyrrole nitrogens is 1. The molecular weight excluding hydrogens is 146 g/mol. The summed E-state index contributed by atoms with van der Waals surface area (Å²) in [4.78, 5) is 23.8. The number of anilines is 1. The van der Waals surface area contributed by atoms with Gasteiger partial charge in [-0.15, -0.1) is 0 Å². The van der Waals surface area contributed by atoms with Crippen molar-refractivity contribution in [2.24, 2.45) is 0 Å². The fourth-order valence-electron chi connectivity index (χ4n) is 0.635. The molecule has 0 amide bonds. The lowest BCUT2D eigenvalue weighted by Gasteiger charge is -1.93. The van der Waals surface area contributed by atoms with Gasteiger partial charge in [-0.25, -0.2) is 4.79 Å². The van der Waals surface area contributed by atoms with Gasteiger partial charge in [0.2, 0.25) is 0 Å². The average Bonchev–Trinajstić information content (AvgIpc) is 1.85. The zero-order chi connectivity index (χ0) is 8.43. The molecule has 3 N–H and O–H groups in total. The van der Waals surface area contributed by atoms with Crippen molar-refractivity contribution in [1.82, 2.24) is 9.55 Å². The van der Waals surface area contributed by atoms with Gasteiger partial charge in [-0.1, -0.05) is 6.42 Å². The third kappa shape index (κ3) is 1.14. The SMILES string of the molecule is C#Cn1c(=O)cc(N)[nH]c1=O. The average molecular weight is 151 g/mol. The first-order valence-electron chi connectivity index (χ1n) is 2.73. The Balaban J connectivity index is 3.67. The van der Waals surface area contributed by atoms with Gasteiger partial charge in [-0.05, 0) is 0 Å². The van der Waals surface area contributed by atoms with Gasteiger partial charge in [0.1, 0.15) is 5.82 Å². The molecule has 0 saturated carbocycles. The van der Waals surface area contributed by atoms with E-state index in [2.05, 4.69) is 4.98 Å². The van der Waals surface area contributed by atoms with Crippen LogP contribution in [0.1, 0.15) is 0 Å².